The van der Waals surface area contributed by atoms with Crippen molar-refractivity contribution in [3.63, 3.8) is 0 Å². The number of hydrogen-bond donors (Lipinski definition) is 2. The molecule has 0 radical (unpaired) electrons. The fourth-order valence-electron chi connectivity index (χ4n) is 2.57. The molecular weight excluding hydrogens is 370 g/mol. The SMILES string of the molecule is O=C(Nc1ccccc1)c1ccc(CSc2n[nH]c(-c3ccncc3)n2)cc1. The predicted octanol–water partition coefficient (Wildman–Crippen LogP) is 4.41. The zero-order valence-electron chi connectivity index (χ0n) is 14.9. The van der Waals surface area contributed by atoms with E-state index in [4.69, 9.17) is 0 Å². The maximum absolute atomic E-state index is 12.3. The fourth-order valence-corrected chi connectivity index (χ4v) is 3.33. The van der Waals surface area contributed by atoms with Crippen molar-refractivity contribution in [2.45, 2.75) is 10.9 Å². The van der Waals surface area contributed by atoms with Crippen LogP contribution in [0.25, 0.3) is 11.4 Å². The van der Waals surface area contributed by atoms with Crippen molar-refractivity contribution in [2.24, 2.45) is 0 Å². The second-order valence-electron chi connectivity index (χ2n) is 6.01. The van der Waals surface area contributed by atoms with Crippen LogP contribution in [0.4, 0.5) is 5.69 Å². The highest BCUT2D eigenvalue weighted by atomic mass is 32.2. The molecule has 0 saturated carbocycles. The number of carbonyl (C=O) groups excluding carboxylic acids is 1. The van der Waals surface area contributed by atoms with Crippen LogP contribution in [0.1, 0.15) is 15.9 Å². The van der Waals surface area contributed by atoms with E-state index >= 15 is 0 Å². The molecule has 1 amide bonds. The molecule has 0 bridgehead atoms. The van der Waals surface area contributed by atoms with Crippen molar-refractivity contribution in [3.8, 4) is 11.4 Å². The topological polar surface area (TPSA) is 83.6 Å². The highest BCUT2D eigenvalue weighted by molar-refractivity contribution is 7.98. The zero-order valence-corrected chi connectivity index (χ0v) is 15.7. The number of amides is 1. The number of rotatable bonds is 6. The Bertz CT molecular complexity index is 1050. The number of thioether (sulfide) groups is 1. The number of benzene rings is 2. The Morgan fingerprint density at radius 2 is 1.71 bits per heavy atom. The summed E-state index contributed by atoms with van der Waals surface area (Å²) in [6.45, 7) is 0. The van der Waals surface area contributed by atoms with E-state index < -0.39 is 0 Å². The smallest absolute Gasteiger partial charge is 0.255 e. The van der Waals surface area contributed by atoms with Crippen molar-refractivity contribution in [1.29, 1.82) is 0 Å². The van der Waals surface area contributed by atoms with Gasteiger partial charge in [0.25, 0.3) is 5.91 Å². The van der Waals surface area contributed by atoms with Crippen LogP contribution < -0.4 is 5.32 Å². The van der Waals surface area contributed by atoms with Crippen LogP contribution >= 0.6 is 11.8 Å². The summed E-state index contributed by atoms with van der Waals surface area (Å²) < 4.78 is 0. The van der Waals surface area contributed by atoms with E-state index in [-0.39, 0.29) is 5.91 Å². The Labute approximate surface area is 166 Å². The maximum Gasteiger partial charge on any atom is 0.255 e. The third-order valence-corrected chi connectivity index (χ3v) is 4.95. The van der Waals surface area contributed by atoms with Gasteiger partial charge in [-0.1, -0.05) is 42.1 Å². The highest BCUT2D eigenvalue weighted by Crippen LogP contribution is 2.22. The van der Waals surface area contributed by atoms with Gasteiger partial charge >= 0.3 is 0 Å². The van der Waals surface area contributed by atoms with E-state index in [1.165, 1.54) is 11.8 Å². The lowest BCUT2D eigenvalue weighted by molar-refractivity contribution is 0.102. The molecule has 2 heterocycles. The first-order valence-corrected chi connectivity index (χ1v) is 9.67. The quantitative estimate of drug-likeness (QED) is 0.479. The number of H-pyrrole nitrogens is 1. The van der Waals surface area contributed by atoms with Crippen LogP contribution in [0.15, 0.2) is 84.3 Å². The maximum atomic E-state index is 12.3. The lowest BCUT2D eigenvalue weighted by Crippen LogP contribution is -2.11. The molecule has 4 rings (SSSR count). The van der Waals surface area contributed by atoms with Crippen molar-refractivity contribution >= 4 is 23.4 Å². The van der Waals surface area contributed by atoms with Gasteiger partial charge in [0.05, 0.1) is 0 Å². The van der Waals surface area contributed by atoms with Gasteiger partial charge < -0.3 is 5.32 Å². The normalized spacial score (nSPS) is 10.6. The monoisotopic (exact) mass is 387 g/mol. The molecule has 7 heteroatoms. The Morgan fingerprint density at radius 1 is 0.964 bits per heavy atom. The molecule has 2 N–H and O–H groups in total. The summed E-state index contributed by atoms with van der Waals surface area (Å²) in [6.07, 6.45) is 3.44. The van der Waals surface area contributed by atoms with Gasteiger partial charge in [-0.2, -0.15) is 0 Å². The molecule has 6 nitrogen and oxygen atoms in total. The highest BCUT2D eigenvalue weighted by Gasteiger charge is 2.08. The number of pyridine rings is 1. The van der Waals surface area contributed by atoms with Gasteiger partial charge in [-0.05, 0) is 42.0 Å². The van der Waals surface area contributed by atoms with E-state index in [0.717, 1.165) is 22.6 Å². The minimum absolute atomic E-state index is 0.124. The number of nitrogens with zero attached hydrogens (tertiary/aromatic N) is 3. The molecular formula is C21H17N5OS. The predicted molar refractivity (Wildman–Crippen MR) is 110 cm³/mol. The van der Waals surface area contributed by atoms with Crippen LogP contribution in [-0.2, 0) is 5.75 Å². The van der Waals surface area contributed by atoms with E-state index in [1.807, 2.05) is 66.7 Å². The van der Waals surface area contributed by atoms with Crippen molar-refractivity contribution in [2.75, 3.05) is 5.32 Å². The summed E-state index contributed by atoms with van der Waals surface area (Å²) in [6, 6.07) is 20.7. The first-order valence-electron chi connectivity index (χ1n) is 8.69. The molecule has 28 heavy (non-hydrogen) atoms. The van der Waals surface area contributed by atoms with Gasteiger partial charge in [0.1, 0.15) is 0 Å². The van der Waals surface area contributed by atoms with Gasteiger partial charge in [-0.15, -0.1) is 5.10 Å². The van der Waals surface area contributed by atoms with E-state index in [0.29, 0.717) is 16.5 Å². The molecule has 0 unspecified atom stereocenters. The number of para-hydroxylation sites is 1. The van der Waals surface area contributed by atoms with Crippen molar-refractivity contribution < 1.29 is 4.79 Å². The van der Waals surface area contributed by atoms with Gasteiger partial charge in [-0.25, -0.2) is 4.98 Å². The fraction of sp³-hybridized carbons (Fsp3) is 0.0476. The average Bonchev–Trinajstić information content (AvgIpc) is 3.23. The van der Waals surface area contributed by atoms with E-state index in [9.17, 15) is 4.79 Å². The summed E-state index contributed by atoms with van der Waals surface area (Å²) in [7, 11) is 0. The van der Waals surface area contributed by atoms with Crippen molar-refractivity contribution in [3.05, 3.63) is 90.3 Å². The van der Waals surface area contributed by atoms with Crippen molar-refractivity contribution in [1.82, 2.24) is 20.2 Å². The Morgan fingerprint density at radius 3 is 2.46 bits per heavy atom. The van der Waals surface area contributed by atoms with Crippen LogP contribution in [0.2, 0.25) is 0 Å². The number of aromatic amines is 1. The molecule has 0 aliphatic rings. The van der Waals surface area contributed by atoms with Crippen LogP contribution in [0.3, 0.4) is 0 Å². The molecule has 138 valence electrons. The zero-order chi connectivity index (χ0) is 19.2. The number of hydrogen-bond acceptors (Lipinski definition) is 5. The van der Waals surface area contributed by atoms with Gasteiger partial charge in [0.15, 0.2) is 5.82 Å². The van der Waals surface area contributed by atoms with Gasteiger partial charge in [0, 0.05) is 35.0 Å². The first kappa shape index (κ1) is 17.9. The second-order valence-corrected chi connectivity index (χ2v) is 6.95. The number of aromatic nitrogens is 4. The minimum Gasteiger partial charge on any atom is -0.322 e. The van der Waals surface area contributed by atoms with Gasteiger partial charge in [0.2, 0.25) is 5.16 Å². The number of anilines is 1. The minimum atomic E-state index is -0.124. The summed E-state index contributed by atoms with van der Waals surface area (Å²) in [5.74, 6) is 1.31. The Hall–Kier alpha value is -3.45. The lowest BCUT2D eigenvalue weighted by Gasteiger charge is -2.06. The first-order chi connectivity index (χ1) is 13.8. The molecule has 0 aliphatic carbocycles. The summed E-state index contributed by atoms with van der Waals surface area (Å²) in [5.41, 5.74) is 3.44. The molecule has 0 fully saturated rings. The summed E-state index contributed by atoms with van der Waals surface area (Å²) in [5, 5.41) is 10.7. The summed E-state index contributed by atoms with van der Waals surface area (Å²) in [4.78, 5) is 20.8. The molecule has 4 aromatic rings. The molecule has 2 aromatic carbocycles. The third-order valence-electron chi connectivity index (χ3n) is 4.03. The Balaban J connectivity index is 1.35. The molecule has 0 aliphatic heterocycles. The van der Waals surface area contributed by atoms with Crippen LogP contribution in [-0.4, -0.2) is 26.1 Å². The van der Waals surface area contributed by atoms with E-state index in [2.05, 4.69) is 25.5 Å². The third kappa shape index (κ3) is 4.44. The molecule has 0 spiro atoms. The molecule has 0 saturated heterocycles. The largest absolute Gasteiger partial charge is 0.322 e. The van der Waals surface area contributed by atoms with E-state index in [1.54, 1.807) is 12.4 Å². The number of nitrogens with one attached hydrogen (secondary N) is 2. The molecule has 0 atom stereocenters. The standard InChI is InChI=1S/C21H17N5OS/c27-20(23-18-4-2-1-3-5-18)17-8-6-15(7-9-17)14-28-21-24-19(25-26-21)16-10-12-22-13-11-16/h1-13H,14H2,(H,23,27)(H,24,25,26). The second kappa shape index (κ2) is 8.49. The number of carbonyl (C=O) groups is 1. The summed E-state index contributed by atoms with van der Waals surface area (Å²) >= 11 is 1.54. The van der Waals surface area contributed by atoms with Gasteiger partial charge in [-0.3, -0.25) is 14.9 Å². The average molecular weight is 387 g/mol. The lowest BCUT2D eigenvalue weighted by atomic mass is 10.1. The van der Waals surface area contributed by atoms with Crippen LogP contribution in [0, 0.1) is 0 Å². The molecule has 2 aromatic heterocycles. The van der Waals surface area contributed by atoms with Crippen LogP contribution in [0.5, 0.6) is 0 Å². The Kier molecular flexibility index (Phi) is 5.44.